The van der Waals surface area contributed by atoms with E-state index in [9.17, 15) is 0 Å². The van der Waals surface area contributed by atoms with Crippen LogP contribution in [0.2, 0.25) is 0 Å². The van der Waals surface area contributed by atoms with Crippen LogP contribution in [0.5, 0.6) is 0 Å². The van der Waals surface area contributed by atoms with Gasteiger partial charge in [0.2, 0.25) is 0 Å². The van der Waals surface area contributed by atoms with E-state index in [1.807, 2.05) is 0 Å². The van der Waals surface area contributed by atoms with Crippen molar-refractivity contribution in [1.29, 1.82) is 0 Å². The van der Waals surface area contributed by atoms with Gasteiger partial charge in [-0.05, 0) is 0 Å². The van der Waals surface area contributed by atoms with E-state index in [0.717, 1.165) is 0 Å². The van der Waals surface area contributed by atoms with E-state index in [4.69, 9.17) is 45.0 Å². The number of rotatable bonds is 2. The minimum atomic E-state index is -0.954. The summed E-state index contributed by atoms with van der Waals surface area (Å²) in [5.74, 6) is 0. The van der Waals surface area contributed by atoms with Gasteiger partial charge in [0.05, 0.1) is 13.2 Å². The summed E-state index contributed by atoms with van der Waals surface area (Å²) in [4.78, 5) is 25.1. The summed E-state index contributed by atoms with van der Waals surface area (Å²) in [7, 11) is 0. The number of aliphatic hydroxyl groups excluding tert-OH is 3. The smallest absolute Gasteiger partial charge is 0.290 e. The van der Waals surface area contributed by atoms with Crippen molar-refractivity contribution in [2.45, 2.75) is 6.10 Å². The molecule has 0 rings (SSSR count). The number of hydrogen-bond donors (Lipinski definition) is 6. The first kappa shape index (κ1) is 23.3. The van der Waals surface area contributed by atoms with Crippen LogP contribution >= 0.6 is 0 Å². The van der Waals surface area contributed by atoms with Crippen molar-refractivity contribution in [3.05, 3.63) is 0 Å². The quantitative estimate of drug-likeness (QED) is 0.279. The van der Waals surface area contributed by atoms with E-state index in [1.54, 1.807) is 0 Å². The van der Waals surface area contributed by atoms with Crippen molar-refractivity contribution < 1.29 is 45.0 Å². The predicted molar refractivity (Wildman–Crippen MR) is 46.3 cm³/mol. The van der Waals surface area contributed by atoms with Gasteiger partial charge in [0.15, 0.2) is 0 Å². The summed E-state index contributed by atoms with van der Waals surface area (Å²) >= 11 is 0. The topological polar surface area (TPSA) is 173 Å². The van der Waals surface area contributed by atoms with Crippen LogP contribution in [0.15, 0.2) is 0 Å². The van der Waals surface area contributed by atoms with Crippen LogP contribution in [0, 0.1) is 0 Å². The van der Waals surface area contributed by atoms with E-state index >= 15 is 0 Å². The van der Waals surface area contributed by atoms with Gasteiger partial charge in [-0.15, -0.1) is 0 Å². The lowest BCUT2D eigenvalue weighted by Crippen LogP contribution is -2.15. The third kappa shape index (κ3) is 248. The molecule has 0 radical (unpaired) electrons. The summed E-state index contributed by atoms with van der Waals surface area (Å²) < 4.78 is 0. The van der Waals surface area contributed by atoms with Crippen LogP contribution < -0.4 is 0 Å². The zero-order valence-electron chi connectivity index (χ0n) is 7.63. The highest BCUT2D eigenvalue weighted by atomic mass is 16.4. The van der Waals surface area contributed by atoms with E-state index in [1.165, 1.54) is 0 Å². The van der Waals surface area contributed by atoms with Gasteiger partial charge in [0.1, 0.15) is 6.10 Å². The molecule has 6 N–H and O–H groups in total. The van der Waals surface area contributed by atoms with E-state index < -0.39 is 6.10 Å². The van der Waals surface area contributed by atoms with Crippen molar-refractivity contribution in [2.75, 3.05) is 13.2 Å². The molecule has 0 fully saturated rings. The summed E-state index contributed by atoms with van der Waals surface area (Å²) in [6, 6.07) is 0. The highest BCUT2D eigenvalue weighted by Crippen LogP contribution is 1.71. The first-order valence-electron chi connectivity index (χ1n) is 3.19. The van der Waals surface area contributed by atoms with Crippen molar-refractivity contribution in [3.8, 4) is 0 Å². The Bertz CT molecular complexity index is 96.9. The molecule has 0 bridgehead atoms. The zero-order valence-corrected chi connectivity index (χ0v) is 7.63. The van der Waals surface area contributed by atoms with Gasteiger partial charge >= 0.3 is 0 Å². The first-order chi connectivity index (χ1) is 7.05. The summed E-state index contributed by atoms with van der Waals surface area (Å²) in [5, 5.41) is 44.7. The highest BCUT2D eigenvalue weighted by molar-refractivity contribution is 5.33. The molecule has 0 aromatic carbocycles. The number of hydrogen-bond acceptors (Lipinski definition) is 6. The third-order valence-corrected chi connectivity index (χ3v) is 0.421. The van der Waals surface area contributed by atoms with Crippen LogP contribution in [-0.2, 0) is 14.4 Å². The number of carboxylic acid groups (broad SMARTS) is 3. The van der Waals surface area contributed by atoms with Gasteiger partial charge in [-0.3, -0.25) is 14.4 Å². The predicted octanol–water partition coefficient (Wildman–Crippen LogP) is -2.57. The monoisotopic (exact) mass is 230 g/mol. The maximum atomic E-state index is 8.36. The van der Waals surface area contributed by atoms with Crippen LogP contribution in [0.25, 0.3) is 0 Å². The van der Waals surface area contributed by atoms with Gasteiger partial charge in [-0.2, -0.15) is 0 Å². The van der Waals surface area contributed by atoms with Crippen LogP contribution in [0.1, 0.15) is 0 Å². The van der Waals surface area contributed by atoms with Gasteiger partial charge in [-0.1, -0.05) is 0 Å². The van der Waals surface area contributed by atoms with Crippen LogP contribution in [0.3, 0.4) is 0 Å². The normalized spacial score (nSPS) is 6.40. The Morgan fingerprint density at radius 1 is 0.800 bits per heavy atom. The largest absolute Gasteiger partial charge is 0.483 e. The fourth-order valence-corrected chi connectivity index (χ4v) is 0.0577. The Hall–Kier alpha value is -1.71. The Morgan fingerprint density at radius 3 is 0.933 bits per heavy atom. The minimum Gasteiger partial charge on any atom is -0.483 e. The second-order valence-electron chi connectivity index (χ2n) is 1.34. The Morgan fingerprint density at radius 2 is 0.933 bits per heavy atom. The molecule has 0 aromatic heterocycles. The molecule has 0 aliphatic rings. The molecule has 0 amide bonds. The molecular formula is C6H14O9. The zero-order chi connectivity index (χ0) is 13.1. The number of aliphatic hydroxyl groups is 3. The minimum absolute atomic E-state index is 0.250. The molecule has 0 aromatic rings. The molecule has 0 aliphatic carbocycles. The van der Waals surface area contributed by atoms with Crippen molar-refractivity contribution >= 4 is 19.4 Å². The first-order valence-corrected chi connectivity index (χ1v) is 3.19. The van der Waals surface area contributed by atoms with Gasteiger partial charge in [0, 0.05) is 0 Å². The molecule has 9 nitrogen and oxygen atoms in total. The highest BCUT2D eigenvalue weighted by Gasteiger charge is 1.93. The molecular weight excluding hydrogens is 216 g/mol. The van der Waals surface area contributed by atoms with Crippen molar-refractivity contribution in [3.63, 3.8) is 0 Å². The molecule has 0 unspecified atom stereocenters. The molecule has 9 heteroatoms. The molecule has 0 saturated carbocycles. The molecule has 0 aliphatic heterocycles. The lowest BCUT2D eigenvalue weighted by molar-refractivity contribution is -0.123. The Kier molecular flexibility index (Phi) is 61.4. The lowest BCUT2D eigenvalue weighted by atomic mass is 10.4. The lowest BCUT2D eigenvalue weighted by Gasteiger charge is -1.96. The van der Waals surface area contributed by atoms with Gasteiger partial charge in [-0.25, -0.2) is 0 Å². The standard InChI is InChI=1S/C3H8O3.3CH2O2/c4-1-3(6)2-5;3*2-1-3/h3-6H,1-2H2;3*1H,(H,2,3). The van der Waals surface area contributed by atoms with Crippen molar-refractivity contribution in [2.24, 2.45) is 0 Å². The van der Waals surface area contributed by atoms with Gasteiger partial charge in [0.25, 0.3) is 19.4 Å². The van der Waals surface area contributed by atoms with E-state index in [0.29, 0.717) is 0 Å². The fraction of sp³-hybridized carbons (Fsp3) is 0.500. The number of carbonyl (C=O) groups is 3. The second kappa shape index (κ2) is 39.6. The molecule has 15 heavy (non-hydrogen) atoms. The fourth-order valence-electron chi connectivity index (χ4n) is 0.0577. The molecule has 0 heterocycles. The SMILES string of the molecule is O=CO.O=CO.O=CO.OCC(O)CO. The molecule has 92 valence electrons. The van der Waals surface area contributed by atoms with Crippen LogP contribution in [0.4, 0.5) is 0 Å². The van der Waals surface area contributed by atoms with E-state index in [-0.39, 0.29) is 32.6 Å². The second-order valence-corrected chi connectivity index (χ2v) is 1.34. The Balaban J connectivity index is -0.0000000581. The summed E-state index contributed by atoms with van der Waals surface area (Å²) in [6.07, 6.45) is -0.954. The van der Waals surface area contributed by atoms with Crippen molar-refractivity contribution in [1.82, 2.24) is 0 Å². The summed E-state index contributed by atoms with van der Waals surface area (Å²) in [6.45, 7) is -1.48. The molecule has 0 atom stereocenters. The van der Waals surface area contributed by atoms with E-state index in [2.05, 4.69) is 0 Å². The average molecular weight is 230 g/mol. The molecule has 0 spiro atoms. The van der Waals surface area contributed by atoms with Crippen LogP contribution in [-0.4, -0.2) is 69.4 Å². The summed E-state index contributed by atoms with van der Waals surface area (Å²) in [5.41, 5.74) is 0. The van der Waals surface area contributed by atoms with Gasteiger partial charge < -0.3 is 30.6 Å². The third-order valence-electron chi connectivity index (χ3n) is 0.421. The Labute approximate surface area is 84.8 Å². The molecule has 0 saturated heterocycles. The average Bonchev–Trinajstić information content (AvgIpc) is 2.20. The maximum absolute atomic E-state index is 8.36. The maximum Gasteiger partial charge on any atom is 0.290 e.